The van der Waals surface area contributed by atoms with E-state index in [1.165, 1.54) is 0 Å². The molecule has 2 fully saturated rings. The van der Waals surface area contributed by atoms with Crippen LogP contribution in [0.1, 0.15) is 18.4 Å². The third-order valence-electron chi connectivity index (χ3n) is 6.50. The van der Waals surface area contributed by atoms with Crippen molar-refractivity contribution in [3.05, 3.63) is 60.3 Å². The summed E-state index contributed by atoms with van der Waals surface area (Å²) in [6, 6.07) is 16.9. The van der Waals surface area contributed by atoms with Crippen molar-refractivity contribution in [2.24, 2.45) is 5.73 Å². The van der Waals surface area contributed by atoms with Crippen LogP contribution in [0.3, 0.4) is 0 Å². The minimum Gasteiger partial charge on any atom is -0.383 e. The van der Waals surface area contributed by atoms with Gasteiger partial charge in [0.05, 0.1) is 30.9 Å². The Morgan fingerprint density at radius 1 is 0.969 bits per heavy atom. The first kappa shape index (κ1) is 19.2. The van der Waals surface area contributed by atoms with Gasteiger partial charge in [0.2, 0.25) is 0 Å². The Kier molecular flexibility index (Phi) is 4.55. The molecule has 2 atom stereocenters. The summed E-state index contributed by atoms with van der Waals surface area (Å²) >= 11 is 0. The van der Waals surface area contributed by atoms with Crippen molar-refractivity contribution < 1.29 is 4.74 Å². The topological polar surface area (TPSA) is 108 Å². The zero-order valence-electron chi connectivity index (χ0n) is 17.7. The number of hydrogen-bond acceptors (Lipinski definition) is 7. The molecule has 0 radical (unpaired) electrons. The number of benzene rings is 1. The highest BCUT2D eigenvalue weighted by Gasteiger charge is 2.38. The molecule has 8 nitrogen and oxygen atoms in total. The summed E-state index contributed by atoms with van der Waals surface area (Å²) in [6.45, 7) is 2.01. The lowest BCUT2D eigenvalue weighted by Gasteiger charge is -2.35. The molecule has 2 saturated heterocycles. The smallest absolute Gasteiger partial charge is 0.167 e. The van der Waals surface area contributed by atoms with E-state index in [0.717, 1.165) is 65.7 Å². The third-order valence-corrected chi connectivity index (χ3v) is 6.50. The largest absolute Gasteiger partial charge is 0.383 e. The summed E-state index contributed by atoms with van der Waals surface area (Å²) in [5.41, 5.74) is 16.5. The molecule has 0 spiro atoms. The second kappa shape index (κ2) is 7.58. The number of nitrogen functional groups attached to an aromatic ring is 1. The number of aromatic nitrogens is 4. The summed E-state index contributed by atoms with van der Waals surface area (Å²) < 4.78 is 7.83. The van der Waals surface area contributed by atoms with Gasteiger partial charge in [0, 0.05) is 18.4 Å². The lowest BCUT2D eigenvalue weighted by Crippen LogP contribution is -2.46. The highest BCUT2D eigenvalue weighted by atomic mass is 16.5. The molecule has 4 aromatic rings. The number of anilines is 2. The molecule has 0 saturated carbocycles. The van der Waals surface area contributed by atoms with Crippen LogP contribution < -0.4 is 16.4 Å². The molecular weight excluding hydrogens is 402 g/mol. The fourth-order valence-electron chi connectivity index (χ4n) is 4.91. The molecule has 6 rings (SSSR count). The number of rotatable bonds is 4. The molecule has 2 unspecified atom stereocenters. The van der Waals surface area contributed by atoms with Crippen LogP contribution in [0, 0.1) is 0 Å². The molecule has 2 bridgehead atoms. The first-order valence-corrected chi connectivity index (χ1v) is 11.0. The Hall–Kier alpha value is -3.49. The van der Waals surface area contributed by atoms with Gasteiger partial charge in [-0.3, -0.25) is 4.57 Å². The van der Waals surface area contributed by atoms with Gasteiger partial charge >= 0.3 is 0 Å². The maximum absolute atomic E-state index is 6.23. The van der Waals surface area contributed by atoms with Crippen LogP contribution in [0.25, 0.3) is 28.2 Å². The second-order valence-corrected chi connectivity index (χ2v) is 8.42. The van der Waals surface area contributed by atoms with E-state index in [2.05, 4.69) is 20.5 Å². The summed E-state index contributed by atoms with van der Waals surface area (Å²) in [4.78, 5) is 16.7. The van der Waals surface area contributed by atoms with Crippen LogP contribution in [0.5, 0.6) is 0 Å². The van der Waals surface area contributed by atoms with Gasteiger partial charge in [-0.15, -0.1) is 0 Å². The molecule has 162 valence electrons. The number of morpholine rings is 1. The molecular formula is C24H25N7O. The number of ether oxygens (including phenoxy) is 1. The zero-order chi connectivity index (χ0) is 21.7. The molecule has 5 heterocycles. The molecule has 3 aromatic heterocycles. The van der Waals surface area contributed by atoms with Crippen molar-refractivity contribution >= 4 is 22.8 Å². The lowest BCUT2D eigenvalue weighted by atomic mass is 10.2. The molecule has 2 aliphatic heterocycles. The molecule has 0 amide bonds. The standard InChI is InChI=1S/C24H25N7O/c25-12-15-3-5-16(6-4-15)31-23(19-2-1-11-27-22(19)26)28-20-9-10-21(29-24(20)31)30-17-7-8-18(30)14-32-13-17/h1-6,9-11,17-18H,7-8,12-14,25H2,(H2,26,27). The van der Waals surface area contributed by atoms with Crippen molar-refractivity contribution in [1.29, 1.82) is 0 Å². The normalized spacial score (nSPS) is 20.2. The van der Waals surface area contributed by atoms with Crippen molar-refractivity contribution in [3.8, 4) is 17.1 Å². The van der Waals surface area contributed by atoms with Gasteiger partial charge < -0.3 is 21.1 Å². The molecule has 2 aliphatic rings. The SMILES string of the molecule is NCc1ccc(-n2c(-c3cccnc3N)nc3ccc(N4C5CCC4COC5)nc32)cc1. The second-order valence-electron chi connectivity index (χ2n) is 8.42. The van der Waals surface area contributed by atoms with Crippen LogP contribution in [-0.4, -0.2) is 44.8 Å². The van der Waals surface area contributed by atoms with E-state index in [9.17, 15) is 0 Å². The number of imidazole rings is 1. The quantitative estimate of drug-likeness (QED) is 0.515. The average molecular weight is 428 g/mol. The van der Waals surface area contributed by atoms with Crippen LogP contribution in [-0.2, 0) is 11.3 Å². The maximum Gasteiger partial charge on any atom is 0.167 e. The van der Waals surface area contributed by atoms with Gasteiger partial charge in [0.15, 0.2) is 11.5 Å². The van der Waals surface area contributed by atoms with Crippen LogP contribution in [0.15, 0.2) is 54.7 Å². The van der Waals surface area contributed by atoms with Gasteiger partial charge in [0.1, 0.15) is 17.2 Å². The third kappa shape index (κ3) is 3.03. The van der Waals surface area contributed by atoms with Crippen molar-refractivity contribution in [2.75, 3.05) is 23.8 Å². The summed E-state index contributed by atoms with van der Waals surface area (Å²) in [6.07, 6.45) is 3.97. The summed E-state index contributed by atoms with van der Waals surface area (Å²) in [5.74, 6) is 2.13. The average Bonchev–Trinajstić information content (AvgIpc) is 3.32. The minimum atomic E-state index is 0.382. The lowest BCUT2D eigenvalue weighted by molar-refractivity contribution is 0.0902. The molecule has 4 N–H and O–H groups in total. The molecule has 8 heteroatoms. The summed E-state index contributed by atoms with van der Waals surface area (Å²) in [7, 11) is 0. The Morgan fingerprint density at radius 2 is 1.75 bits per heavy atom. The van der Waals surface area contributed by atoms with E-state index in [-0.39, 0.29) is 0 Å². The maximum atomic E-state index is 6.23. The predicted octanol–water partition coefficient (Wildman–Crippen LogP) is 2.89. The minimum absolute atomic E-state index is 0.382. The van der Waals surface area contributed by atoms with Crippen LogP contribution >= 0.6 is 0 Å². The van der Waals surface area contributed by atoms with Gasteiger partial charge in [-0.25, -0.2) is 15.0 Å². The molecule has 1 aromatic carbocycles. The summed E-state index contributed by atoms with van der Waals surface area (Å²) in [5, 5.41) is 0. The number of nitrogens with two attached hydrogens (primary N) is 2. The fraction of sp³-hybridized carbons (Fsp3) is 0.292. The number of hydrogen-bond donors (Lipinski definition) is 2. The van der Waals surface area contributed by atoms with E-state index >= 15 is 0 Å². The Bertz CT molecular complexity index is 1270. The first-order valence-electron chi connectivity index (χ1n) is 11.0. The Morgan fingerprint density at radius 3 is 2.47 bits per heavy atom. The van der Waals surface area contributed by atoms with E-state index in [0.29, 0.717) is 24.4 Å². The van der Waals surface area contributed by atoms with E-state index in [1.54, 1.807) is 6.20 Å². The van der Waals surface area contributed by atoms with Gasteiger partial charge in [0.25, 0.3) is 0 Å². The van der Waals surface area contributed by atoms with Gasteiger partial charge in [-0.05, 0) is 54.8 Å². The van der Waals surface area contributed by atoms with Crippen LogP contribution in [0.4, 0.5) is 11.6 Å². The molecule has 0 aliphatic carbocycles. The number of nitrogens with zero attached hydrogens (tertiary/aromatic N) is 5. The first-order chi connectivity index (χ1) is 15.7. The highest BCUT2D eigenvalue weighted by molar-refractivity contribution is 5.84. The Labute approximate surface area is 185 Å². The Balaban J connectivity index is 1.56. The van der Waals surface area contributed by atoms with E-state index in [4.69, 9.17) is 26.2 Å². The zero-order valence-corrected chi connectivity index (χ0v) is 17.7. The predicted molar refractivity (Wildman–Crippen MR) is 125 cm³/mol. The molecule has 32 heavy (non-hydrogen) atoms. The van der Waals surface area contributed by atoms with E-state index < -0.39 is 0 Å². The van der Waals surface area contributed by atoms with Gasteiger partial charge in [-0.1, -0.05) is 12.1 Å². The highest BCUT2D eigenvalue weighted by Crippen LogP contribution is 2.35. The van der Waals surface area contributed by atoms with Crippen molar-refractivity contribution in [1.82, 2.24) is 19.5 Å². The number of pyridine rings is 2. The fourth-order valence-corrected chi connectivity index (χ4v) is 4.91. The van der Waals surface area contributed by atoms with Crippen molar-refractivity contribution in [2.45, 2.75) is 31.5 Å². The van der Waals surface area contributed by atoms with Crippen LogP contribution in [0.2, 0.25) is 0 Å². The van der Waals surface area contributed by atoms with Crippen molar-refractivity contribution in [3.63, 3.8) is 0 Å². The van der Waals surface area contributed by atoms with Gasteiger partial charge in [-0.2, -0.15) is 0 Å². The monoisotopic (exact) mass is 427 g/mol. The van der Waals surface area contributed by atoms with E-state index in [1.807, 2.05) is 42.5 Å². The number of fused-ring (bicyclic) bond motifs is 3.